The third-order valence-electron chi connectivity index (χ3n) is 2.63. The second-order valence-electron chi connectivity index (χ2n) is 4.09. The number of nitrogens with one attached hydrogen (secondary N) is 1. The smallest absolute Gasteiger partial charge is 0.327 e. The Morgan fingerprint density at radius 1 is 1.44 bits per heavy atom. The first-order chi connectivity index (χ1) is 8.63. The Morgan fingerprint density at radius 3 is 2.83 bits per heavy atom. The van der Waals surface area contributed by atoms with E-state index in [0.717, 1.165) is 18.0 Å². The Balaban J connectivity index is 2.07. The summed E-state index contributed by atoms with van der Waals surface area (Å²) in [5, 5.41) is 7.98. The molecule has 1 aliphatic heterocycles. The Labute approximate surface area is 109 Å². The van der Waals surface area contributed by atoms with Crippen LogP contribution in [0.5, 0.6) is 0 Å². The van der Waals surface area contributed by atoms with Crippen LogP contribution < -0.4 is 5.32 Å². The molecule has 2 heterocycles. The molecular weight excluding hydrogens is 254 g/mol. The number of hydrogen-bond donors (Lipinski definition) is 1. The van der Waals surface area contributed by atoms with Gasteiger partial charge in [-0.3, -0.25) is 9.69 Å². The SMILES string of the molecule is CCCNc1snnc1CN1C(=O)CN(C)C1=O. The van der Waals surface area contributed by atoms with E-state index in [9.17, 15) is 9.59 Å². The topological polar surface area (TPSA) is 78.4 Å². The third-order valence-corrected chi connectivity index (χ3v) is 3.36. The number of nitrogens with zero attached hydrogens (tertiary/aromatic N) is 4. The van der Waals surface area contributed by atoms with Crippen molar-refractivity contribution in [3.05, 3.63) is 5.69 Å². The molecule has 0 spiro atoms. The van der Waals surface area contributed by atoms with Crippen LogP contribution in [0.4, 0.5) is 9.80 Å². The fraction of sp³-hybridized carbons (Fsp3) is 0.600. The number of aromatic nitrogens is 2. The van der Waals surface area contributed by atoms with Gasteiger partial charge in [0, 0.05) is 25.1 Å². The number of hydrogen-bond acceptors (Lipinski definition) is 6. The highest BCUT2D eigenvalue weighted by atomic mass is 32.1. The fourth-order valence-corrected chi connectivity index (χ4v) is 2.26. The molecule has 1 aromatic rings. The molecular formula is C10H15N5O2S. The first kappa shape index (κ1) is 12.7. The van der Waals surface area contributed by atoms with Crippen molar-refractivity contribution in [3.63, 3.8) is 0 Å². The number of rotatable bonds is 5. The summed E-state index contributed by atoms with van der Waals surface area (Å²) in [5.41, 5.74) is 0.644. The molecule has 1 fully saturated rings. The summed E-state index contributed by atoms with van der Waals surface area (Å²) in [6.07, 6.45) is 0.988. The monoisotopic (exact) mass is 269 g/mol. The Morgan fingerprint density at radius 2 is 2.22 bits per heavy atom. The molecule has 0 bridgehead atoms. The van der Waals surface area contributed by atoms with Crippen molar-refractivity contribution in [2.75, 3.05) is 25.5 Å². The highest BCUT2D eigenvalue weighted by Gasteiger charge is 2.34. The van der Waals surface area contributed by atoms with E-state index in [1.165, 1.54) is 21.3 Å². The first-order valence-electron chi connectivity index (χ1n) is 5.74. The van der Waals surface area contributed by atoms with Crippen LogP contribution in [0.1, 0.15) is 19.0 Å². The lowest BCUT2D eigenvalue weighted by Crippen LogP contribution is -2.31. The van der Waals surface area contributed by atoms with Crippen LogP contribution in [-0.4, -0.2) is 51.5 Å². The van der Waals surface area contributed by atoms with Gasteiger partial charge < -0.3 is 10.2 Å². The molecule has 0 aliphatic carbocycles. The van der Waals surface area contributed by atoms with Gasteiger partial charge in [-0.15, -0.1) is 5.10 Å². The minimum atomic E-state index is -0.283. The van der Waals surface area contributed by atoms with Gasteiger partial charge in [0.05, 0.1) is 6.54 Å². The summed E-state index contributed by atoms with van der Waals surface area (Å²) in [7, 11) is 1.61. The summed E-state index contributed by atoms with van der Waals surface area (Å²) in [6.45, 7) is 3.20. The normalized spacial score (nSPS) is 15.7. The first-order valence-corrected chi connectivity index (χ1v) is 6.51. The number of carbonyl (C=O) groups is 2. The van der Waals surface area contributed by atoms with Crippen molar-refractivity contribution >= 4 is 28.5 Å². The maximum absolute atomic E-state index is 11.7. The molecule has 0 radical (unpaired) electrons. The van der Waals surface area contributed by atoms with Gasteiger partial charge in [-0.1, -0.05) is 11.4 Å². The molecule has 2 rings (SSSR count). The van der Waals surface area contributed by atoms with E-state index in [0.29, 0.717) is 5.69 Å². The zero-order valence-corrected chi connectivity index (χ0v) is 11.2. The van der Waals surface area contributed by atoms with Crippen LogP contribution in [0.3, 0.4) is 0 Å². The molecule has 8 heteroatoms. The molecule has 1 N–H and O–H groups in total. The van der Waals surface area contributed by atoms with Crippen LogP contribution >= 0.6 is 11.5 Å². The summed E-state index contributed by atoms with van der Waals surface area (Å²) >= 11 is 1.24. The zero-order chi connectivity index (χ0) is 13.1. The number of urea groups is 1. The van der Waals surface area contributed by atoms with Gasteiger partial charge in [0.1, 0.15) is 17.2 Å². The van der Waals surface area contributed by atoms with Crippen LogP contribution in [-0.2, 0) is 11.3 Å². The number of amides is 3. The molecule has 0 saturated carbocycles. The highest BCUT2D eigenvalue weighted by molar-refractivity contribution is 7.10. The molecule has 0 unspecified atom stereocenters. The molecule has 18 heavy (non-hydrogen) atoms. The molecule has 98 valence electrons. The van der Waals surface area contributed by atoms with E-state index in [1.807, 2.05) is 0 Å². The predicted molar refractivity (Wildman–Crippen MR) is 67.3 cm³/mol. The second-order valence-corrected chi connectivity index (χ2v) is 4.85. The maximum Gasteiger partial charge on any atom is 0.327 e. The number of anilines is 1. The Kier molecular flexibility index (Phi) is 3.75. The van der Waals surface area contributed by atoms with Crippen molar-refractivity contribution in [1.82, 2.24) is 19.4 Å². The van der Waals surface area contributed by atoms with E-state index >= 15 is 0 Å². The van der Waals surface area contributed by atoms with Crippen LogP contribution in [0.2, 0.25) is 0 Å². The molecule has 0 atom stereocenters. The molecule has 0 aromatic carbocycles. The van der Waals surface area contributed by atoms with Crippen LogP contribution in [0.15, 0.2) is 0 Å². The van der Waals surface area contributed by atoms with E-state index in [4.69, 9.17) is 0 Å². The minimum Gasteiger partial charge on any atom is -0.374 e. The van der Waals surface area contributed by atoms with Gasteiger partial charge in [0.15, 0.2) is 0 Å². The largest absolute Gasteiger partial charge is 0.374 e. The summed E-state index contributed by atoms with van der Waals surface area (Å²) in [5.74, 6) is -0.197. The molecule has 7 nitrogen and oxygen atoms in total. The predicted octanol–water partition coefficient (Wildman–Crippen LogP) is 0.754. The molecule has 3 amide bonds. The standard InChI is InChI=1S/C10H15N5O2S/c1-3-4-11-9-7(12-13-18-9)5-15-8(16)6-14(2)10(15)17/h11H,3-6H2,1-2H3. The summed E-state index contributed by atoms with van der Waals surface area (Å²) in [4.78, 5) is 26.0. The van der Waals surface area contributed by atoms with E-state index in [1.54, 1.807) is 7.05 Å². The van der Waals surface area contributed by atoms with E-state index in [2.05, 4.69) is 21.8 Å². The lowest BCUT2D eigenvalue weighted by atomic mass is 10.4. The van der Waals surface area contributed by atoms with Gasteiger partial charge in [-0.2, -0.15) is 0 Å². The van der Waals surface area contributed by atoms with Crippen molar-refractivity contribution in [1.29, 1.82) is 0 Å². The van der Waals surface area contributed by atoms with Gasteiger partial charge in [-0.25, -0.2) is 4.79 Å². The Hall–Kier alpha value is -1.70. The highest BCUT2D eigenvalue weighted by Crippen LogP contribution is 2.21. The summed E-state index contributed by atoms with van der Waals surface area (Å²) in [6, 6.07) is -0.283. The van der Waals surface area contributed by atoms with Crippen LogP contribution in [0.25, 0.3) is 0 Å². The van der Waals surface area contributed by atoms with Gasteiger partial charge in [-0.05, 0) is 6.42 Å². The Bertz CT molecular complexity index is 461. The molecule has 1 aromatic heterocycles. The second kappa shape index (κ2) is 5.30. The molecule has 1 aliphatic rings. The van der Waals surface area contributed by atoms with E-state index in [-0.39, 0.29) is 25.0 Å². The van der Waals surface area contributed by atoms with Crippen molar-refractivity contribution in [2.24, 2.45) is 0 Å². The fourth-order valence-electron chi connectivity index (χ4n) is 1.66. The average Bonchev–Trinajstić information content (AvgIpc) is 2.87. The van der Waals surface area contributed by atoms with Gasteiger partial charge in [0.25, 0.3) is 5.91 Å². The summed E-state index contributed by atoms with van der Waals surface area (Å²) < 4.78 is 3.85. The van der Waals surface area contributed by atoms with Gasteiger partial charge in [0.2, 0.25) is 0 Å². The number of imide groups is 1. The number of carbonyl (C=O) groups excluding carboxylic acids is 2. The van der Waals surface area contributed by atoms with Gasteiger partial charge >= 0.3 is 6.03 Å². The van der Waals surface area contributed by atoms with Crippen molar-refractivity contribution < 1.29 is 9.59 Å². The minimum absolute atomic E-state index is 0.133. The number of likely N-dealkylation sites (N-methyl/N-ethyl adjacent to an activating group) is 1. The maximum atomic E-state index is 11.7. The zero-order valence-electron chi connectivity index (χ0n) is 10.3. The van der Waals surface area contributed by atoms with Crippen molar-refractivity contribution in [3.8, 4) is 0 Å². The lowest BCUT2D eigenvalue weighted by molar-refractivity contribution is -0.125. The van der Waals surface area contributed by atoms with Crippen LogP contribution in [0, 0.1) is 0 Å². The van der Waals surface area contributed by atoms with E-state index < -0.39 is 0 Å². The quantitative estimate of drug-likeness (QED) is 0.798. The average molecular weight is 269 g/mol. The lowest BCUT2D eigenvalue weighted by Gasteiger charge is -2.13. The third kappa shape index (κ3) is 2.42. The molecule has 1 saturated heterocycles. The van der Waals surface area contributed by atoms with Crippen molar-refractivity contribution in [2.45, 2.75) is 19.9 Å².